The van der Waals surface area contributed by atoms with Gasteiger partial charge in [-0.3, -0.25) is 0 Å². The van der Waals surface area contributed by atoms with Gasteiger partial charge < -0.3 is 25.0 Å². The van der Waals surface area contributed by atoms with Gasteiger partial charge in [0.25, 0.3) is 0 Å². The van der Waals surface area contributed by atoms with Crippen LogP contribution in [0.1, 0.15) is 11.1 Å². The van der Waals surface area contributed by atoms with E-state index in [1.54, 1.807) is 7.11 Å². The highest BCUT2D eigenvalue weighted by Crippen LogP contribution is 2.25. The SMILES string of the molecule is COc1ccc2[nH]cc(C)c2c1.O=C(O)/C=C/c1ccc(O)c(O)c1. The summed E-state index contributed by atoms with van der Waals surface area (Å²) in [7, 11) is 1.68. The molecule has 0 amide bonds. The van der Waals surface area contributed by atoms with E-state index in [9.17, 15) is 4.79 Å². The molecule has 0 atom stereocenters. The highest BCUT2D eigenvalue weighted by Gasteiger charge is 2.00. The van der Waals surface area contributed by atoms with Crippen LogP contribution in [-0.2, 0) is 4.79 Å². The Morgan fingerprint density at radius 2 is 1.88 bits per heavy atom. The molecule has 0 spiro atoms. The maximum absolute atomic E-state index is 10.1. The lowest BCUT2D eigenvalue weighted by Crippen LogP contribution is -1.85. The number of carboxylic acids is 1. The van der Waals surface area contributed by atoms with Crippen LogP contribution in [0.2, 0.25) is 0 Å². The summed E-state index contributed by atoms with van der Waals surface area (Å²) in [6.45, 7) is 2.08. The molecule has 0 aliphatic rings. The topological polar surface area (TPSA) is 103 Å². The number of hydrogen-bond donors (Lipinski definition) is 4. The van der Waals surface area contributed by atoms with Crippen molar-refractivity contribution in [2.24, 2.45) is 0 Å². The van der Waals surface area contributed by atoms with Crippen LogP contribution < -0.4 is 4.74 Å². The molecule has 1 aromatic heterocycles. The average molecular weight is 341 g/mol. The van der Waals surface area contributed by atoms with Gasteiger partial charge in [0.15, 0.2) is 11.5 Å². The molecule has 0 unspecified atom stereocenters. The van der Waals surface area contributed by atoms with E-state index in [1.165, 1.54) is 35.2 Å². The largest absolute Gasteiger partial charge is 0.504 e. The fourth-order valence-corrected chi connectivity index (χ4v) is 2.18. The lowest BCUT2D eigenvalue weighted by Gasteiger charge is -1.98. The molecule has 0 radical (unpaired) electrons. The van der Waals surface area contributed by atoms with Crippen molar-refractivity contribution in [1.29, 1.82) is 0 Å². The van der Waals surface area contributed by atoms with E-state index in [0.717, 1.165) is 17.3 Å². The molecule has 0 saturated heterocycles. The number of aliphatic carboxylic acids is 1. The summed E-state index contributed by atoms with van der Waals surface area (Å²) in [6, 6.07) is 10.1. The number of rotatable bonds is 3. The summed E-state index contributed by atoms with van der Waals surface area (Å²) in [6.07, 6.45) is 4.28. The Kier molecular flexibility index (Phi) is 5.68. The second kappa shape index (κ2) is 7.92. The number of carboxylic acid groups (broad SMARTS) is 1. The van der Waals surface area contributed by atoms with Crippen LogP contribution in [0.15, 0.2) is 48.7 Å². The van der Waals surface area contributed by atoms with Gasteiger partial charge in [-0.25, -0.2) is 4.79 Å². The van der Waals surface area contributed by atoms with Gasteiger partial charge in [0.2, 0.25) is 0 Å². The Morgan fingerprint density at radius 3 is 2.52 bits per heavy atom. The number of carbonyl (C=O) groups is 1. The number of methoxy groups -OCH3 is 1. The van der Waals surface area contributed by atoms with Gasteiger partial charge in [-0.1, -0.05) is 6.07 Å². The third-order valence-corrected chi connectivity index (χ3v) is 3.51. The highest BCUT2D eigenvalue weighted by atomic mass is 16.5. The standard InChI is InChI=1S/C10H11NO.C9H8O4/c1-7-6-11-10-4-3-8(12-2)5-9(7)10;10-7-3-1-6(5-8(7)11)2-4-9(12)13/h3-6,11H,1-2H3;1-5,10-11H,(H,12,13)/b;4-2+. The van der Waals surface area contributed by atoms with Crippen LogP contribution in [-0.4, -0.2) is 33.4 Å². The van der Waals surface area contributed by atoms with Gasteiger partial charge in [-0.05, 0) is 54.5 Å². The monoisotopic (exact) mass is 341 g/mol. The van der Waals surface area contributed by atoms with Crippen molar-refractivity contribution in [3.63, 3.8) is 0 Å². The molecule has 0 aliphatic heterocycles. The molecule has 4 N–H and O–H groups in total. The molecule has 2 aromatic carbocycles. The summed E-state index contributed by atoms with van der Waals surface area (Å²) < 4.78 is 5.13. The molecule has 130 valence electrons. The van der Waals surface area contributed by atoms with Gasteiger partial charge in [-0.2, -0.15) is 0 Å². The van der Waals surface area contributed by atoms with Crippen molar-refractivity contribution in [2.75, 3.05) is 7.11 Å². The van der Waals surface area contributed by atoms with E-state index in [4.69, 9.17) is 20.1 Å². The summed E-state index contributed by atoms with van der Waals surface area (Å²) in [5.74, 6) is -0.655. The van der Waals surface area contributed by atoms with Crippen LogP contribution in [0.3, 0.4) is 0 Å². The number of H-pyrrole nitrogens is 1. The van der Waals surface area contributed by atoms with Gasteiger partial charge in [0.05, 0.1) is 7.11 Å². The molecule has 6 heteroatoms. The first-order valence-electron chi connectivity index (χ1n) is 7.45. The van der Waals surface area contributed by atoms with Gasteiger partial charge in [0, 0.05) is 23.2 Å². The fourth-order valence-electron chi connectivity index (χ4n) is 2.18. The average Bonchev–Trinajstić information content (AvgIpc) is 2.97. The van der Waals surface area contributed by atoms with Crippen LogP contribution >= 0.6 is 0 Å². The predicted molar refractivity (Wildman–Crippen MR) is 96.0 cm³/mol. The van der Waals surface area contributed by atoms with Crippen molar-refractivity contribution in [2.45, 2.75) is 6.92 Å². The van der Waals surface area contributed by atoms with Crippen LogP contribution in [0.25, 0.3) is 17.0 Å². The number of phenols is 2. The first kappa shape index (κ1) is 17.9. The molecule has 6 nitrogen and oxygen atoms in total. The maximum atomic E-state index is 10.1. The number of aromatic amines is 1. The Hall–Kier alpha value is -3.41. The van der Waals surface area contributed by atoms with E-state index in [0.29, 0.717) is 5.56 Å². The summed E-state index contributed by atoms with van der Waals surface area (Å²) in [4.78, 5) is 13.3. The first-order chi connectivity index (χ1) is 11.9. The maximum Gasteiger partial charge on any atom is 0.328 e. The molecule has 0 fully saturated rings. The molecular formula is C19H19NO5. The van der Waals surface area contributed by atoms with Crippen LogP contribution in [0, 0.1) is 6.92 Å². The smallest absolute Gasteiger partial charge is 0.328 e. The number of fused-ring (bicyclic) bond motifs is 1. The Labute approximate surface area is 144 Å². The third kappa shape index (κ3) is 4.78. The number of aryl methyl sites for hydroxylation is 1. The van der Waals surface area contributed by atoms with E-state index in [1.807, 2.05) is 24.4 Å². The normalized spacial score (nSPS) is 10.5. The quantitative estimate of drug-likeness (QED) is 0.430. The molecule has 3 rings (SSSR count). The van der Waals surface area contributed by atoms with E-state index in [2.05, 4.69) is 11.9 Å². The Bertz CT molecular complexity index is 911. The zero-order valence-electron chi connectivity index (χ0n) is 13.9. The van der Waals surface area contributed by atoms with Gasteiger partial charge in [-0.15, -0.1) is 0 Å². The second-order valence-electron chi connectivity index (χ2n) is 5.30. The second-order valence-corrected chi connectivity index (χ2v) is 5.30. The van der Waals surface area contributed by atoms with Crippen molar-refractivity contribution in [3.05, 3.63) is 59.8 Å². The Morgan fingerprint density at radius 1 is 1.12 bits per heavy atom. The molecule has 3 aromatic rings. The van der Waals surface area contributed by atoms with Crippen LogP contribution in [0.5, 0.6) is 17.2 Å². The lowest BCUT2D eigenvalue weighted by molar-refractivity contribution is -0.131. The zero-order chi connectivity index (χ0) is 18.4. The number of phenolic OH excluding ortho intramolecular Hbond substituents is 2. The van der Waals surface area contributed by atoms with Crippen molar-refractivity contribution in [1.82, 2.24) is 4.98 Å². The summed E-state index contributed by atoms with van der Waals surface area (Å²) in [5, 5.41) is 27.5. The summed E-state index contributed by atoms with van der Waals surface area (Å²) >= 11 is 0. The van der Waals surface area contributed by atoms with Crippen molar-refractivity contribution < 1.29 is 24.9 Å². The third-order valence-electron chi connectivity index (χ3n) is 3.51. The first-order valence-corrected chi connectivity index (χ1v) is 7.45. The molecular weight excluding hydrogens is 322 g/mol. The molecule has 1 heterocycles. The number of nitrogens with one attached hydrogen (secondary N) is 1. The zero-order valence-corrected chi connectivity index (χ0v) is 13.9. The number of ether oxygens (including phenoxy) is 1. The minimum Gasteiger partial charge on any atom is -0.504 e. The predicted octanol–water partition coefficient (Wildman–Crippen LogP) is 3.68. The number of hydrogen-bond acceptors (Lipinski definition) is 4. The number of benzene rings is 2. The molecule has 0 saturated carbocycles. The molecule has 0 bridgehead atoms. The lowest BCUT2D eigenvalue weighted by atomic mass is 10.2. The number of aromatic nitrogens is 1. The minimum atomic E-state index is -1.06. The highest BCUT2D eigenvalue weighted by molar-refractivity contribution is 5.85. The van der Waals surface area contributed by atoms with Gasteiger partial charge in [0.1, 0.15) is 5.75 Å². The summed E-state index contributed by atoms with van der Waals surface area (Å²) in [5.41, 5.74) is 2.93. The Balaban J connectivity index is 0.000000181. The fraction of sp³-hybridized carbons (Fsp3) is 0.105. The van der Waals surface area contributed by atoms with Crippen molar-refractivity contribution in [3.8, 4) is 17.2 Å². The molecule has 0 aliphatic carbocycles. The number of aromatic hydroxyl groups is 2. The molecule has 25 heavy (non-hydrogen) atoms. The van der Waals surface area contributed by atoms with E-state index < -0.39 is 5.97 Å². The van der Waals surface area contributed by atoms with E-state index in [-0.39, 0.29) is 11.5 Å². The van der Waals surface area contributed by atoms with Gasteiger partial charge >= 0.3 is 5.97 Å². The van der Waals surface area contributed by atoms with E-state index >= 15 is 0 Å². The minimum absolute atomic E-state index is 0.229. The van der Waals surface area contributed by atoms with Crippen LogP contribution in [0.4, 0.5) is 0 Å². The van der Waals surface area contributed by atoms with Crippen molar-refractivity contribution >= 4 is 22.9 Å².